The van der Waals surface area contributed by atoms with Gasteiger partial charge in [0, 0.05) is 0 Å². The van der Waals surface area contributed by atoms with Crippen molar-refractivity contribution in [2.75, 3.05) is 0 Å². The van der Waals surface area contributed by atoms with Crippen LogP contribution in [0.3, 0.4) is 0 Å². The second-order valence-electron chi connectivity index (χ2n) is 6.75. The van der Waals surface area contributed by atoms with E-state index in [2.05, 4.69) is 50.0 Å². The van der Waals surface area contributed by atoms with E-state index in [-0.39, 0.29) is 0 Å². The van der Waals surface area contributed by atoms with Crippen molar-refractivity contribution in [3.63, 3.8) is 0 Å². The molecule has 0 amide bonds. The molecule has 0 unspecified atom stereocenters. The Morgan fingerprint density at radius 3 is 2.13 bits per heavy atom. The average Bonchev–Trinajstić information content (AvgIpc) is 2.56. The fourth-order valence-corrected chi connectivity index (χ4v) is 19.4. The summed E-state index contributed by atoms with van der Waals surface area (Å²) < 4.78 is 6.19. The Labute approximate surface area is 146 Å². The van der Waals surface area contributed by atoms with Crippen LogP contribution in [0.25, 0.3) is 0 Å². The Kier molecular flexibility index (Phi) is 9.68. The fourth-order valence-electron chi connectivity index (χ4n) is 3.53. The van der Waals surface area contributed by atoms with Gasteiger partial charge in [-0.3, -0.25) is 0 Å². The first-order valence-corrected chi connectivity index (χ1v) is 16.8. The predicted octanol–water partition coefficient (Wildman–Crippen LogP) is 2.21. The molecule has 0 radical (unpaired) electrons. The Hall–Kier alpha value is -0.711. The molecule has 0 aliphatic heterocycles. The van der Waals surface area contributed by atoms with E-state index in [1.165, 1.54) is 51.0 Å². The van der Waals surface area contributed by atoms with Crippen molar-refractivity contribution >= 4 is 27.9 Å². The van der Waals surface area contributed by atoms with E-state index in [1.54, 1.807) is 3.58 Å². The van der Waals surface area contributed by atoms with Gasteiger partial charge in [-0.15, -0.1) is 0 Å². The first-order chi connectivity index (χ1) is 11.1. The number of nitrogens with one attached hydrogen (secondary N) is 1. The molecule has 0 fully saturated rings. The summed E-state index contributed by atoms with van der Waals surface area (Å²) in [5.41, 5.74) is 12.4. The van der Waals surface area contributed by atoms with E-state index >= 15 is 0 Å². The molecule has 0 aromatic heterocycles. The summed E-state index contributed by atoms with van der Waals surface area (Å²) in [6.45, 7) is 7.73. The topological polar surface area (TPSA) is 66.0 Å². The SMILES string of the molecule is CCC[CH2][Sn]([CH2]CC)([CH2]CCC)[c]1cccc(C[NH+]=C(N)N)c1. The number of guanidine groups is 1. The molecular weight excluding hydrogens is 389 g/mol. The van der Waals surface area contributed by atoms with Gasteiger partial charge in [0.05, 0.1) is 0 Å². The molecule has 0 atom stereocenters. The van der Waals surface area contributed by atoms with Crippen LogP contribution in [0.1, 0.15) is 58.4 Å². The van der Waals surface area contributed by atoms with Gasteiger partial charge in [0.1, 0.15) is 0 Å². The van der Waals surface area contributed by atoms with Crippen LogP contribution in [0.4, 0.5) is 0 Å². The van der Waals surface area contributed by atoms with E-state index in [9.17, 15) is 0 Å². The van der Waals surface area contributed by atoms with Crippen molar-refractivity contribution < 1.29 is 4.99 Å². The molecule has 4 heteroatoms. The van der Waals surface area contributed by atoms with Gasteiger partial charge in [0.25, 0.3) is 0 Å². The molecule has 130 valence electrons. The summed E-state index contributed by atoms with van der Waals surface area (Å²) in [6.07, 6.45) is 6.75. The third kappa shape index (κ3) is 6.74. The van der Waals surface area contributed by atoms with Crippen molar-refractivity contribution in [1.82, 2.24) is 0 Å². The standard InChI is InChI=1S/C8H10N3.2C4H9.C3H7.Sn/c9-8(10)11-6-7-4-2-1-3-5-7;2*1-3-4-2;1-3-2;/h1-2,4-5H,6H2,(H4,9,10,11);2*1,3-4H2,2H3;1,3H2,2H3;/p+1. The average molecular weight is 425 g/mol. The van der Waals surface area contributed by atoms with Crippen molar-refractivity contribution in [1.29, 1.82) is 0 Å². The van der Waals surface area contributed by atoms with Crippen LogP contribution in [0.15, 0.2) is 24.3 Å². The molecule has 0 aliphatic rings. The molecule has 1 rings (SSSR count). The zero-order chi connectivity index (χ0) is 17.1. The van der Waals surface area contributed by atoms with Crippen LogP contribution in [0, 0.1) is 0 Å². The molecule has 0 bridgehead atoms. The van der Waals surface area contributed by atoms with Gasteiger partial charge in [-0.05, 0) is 0 Å². The van der Waals surface area contributed by atoms with Crippen molar-refractivity contribution in [2.45, 2.75) is 72.7 Å². The van der Waals surface area contributed by atoms with E-state index < -0.39 is 18.4 Å². The van der Waals surface area contributed by atoms with Gasteiger partial charge in [-0.25, -0.2) is 0 Å². The summed E-state index contributed by atoms with van der Waals surface area (Å²) in [5.74, 6) is 0.302. The van der Waals surface area contributed by atoms with Crippen LogP contribution in [-0.4, -0.2) is 24.3 Å². The van der Waals surface area contributed by atoms with Crippen LogP contribution < -0.4 is 20.0 Å². The minimum atomic E-state index is -2.28. The van der Waals surface area contributed by atoms with E-state index in [0.29, 0.717) is 5.96 Å². The quantitative estimate of drug-likeness (QED) is 0.289. The summed E-state index contributed by atoms with van der Waals surface area (Å²) >= 11 is -2.28. The van der Waals surface area contributed by atoms with Crippen molar-refractivity contribution in [2.24, 2.45) is 11.5 Å². The Morgan fingerprint density at radius 1 is 0.957 bits per heavy atom. The third-order valence-corrected chi connectivity index (χ3v) is 20.8. The number of hydrogen-bond acceptors (Lipinski definition) is 0. The van der Waals surface area contributed by atoms with Crippen molar-refractivity contribution in [3.05, 3.63) is 29.8 Å². The summed E-state index contributed by atoms with van der Waals surface area (Å²) in [7, 11) is 0. The van der Waals surface area contributed by atoms with E-state index in [4.69, 9.17) is 11.5 Å². The molecule has 0 heterocycles. The fraction of sp³-hybridized carbons (Fsp3) is 0.632. The Morgan fingerprint density at radius 2 is 1.61 bits per heavy atom. The van der Waals surface area contributed by atoms with Gasteiger partial charge in [-0.2, -0.15) is 0 Å². The number of hydrogen-bond donors (Lipinski definition) is 3. The molecule has 5 N–H and O–H groups in total. The maximum absolute atomic E-state index is 5.54. The van der Waals surface area contributed by atoms with Crippen LogP contribution in [-0.2, 0) is 6.54 Å². The first-order valence-electron chi connectivity index (χ1n) is 9.29. The number of unbranched alkanes of at least 4 members (excludes halogenated alkanes) is 2. The summed E-state index contributed by atoms with van der Waals surface area (Å²) in [5, 5.41) is 0. The first kappa shape index (κ1) is 20.3. The molecule has 1 aromatic rings. The Bertz CT molecular complexity index is 473. The van der Waals surface area contributed by atoms with Crippen LogP contribution in [0.2, 0.25) is 13.3 Å². The molecule has 3 nitrogen and oxygen atoms in total. The molecule has 0 spiro atoms. The van der Waals surface area contributed by atoms with Gasteiger partial charge in [-0.1, -0.05) is 0 Å². The zero-order valence-corrected chi connectivity index (χ0v) is 18.2. The summed E-state index contributed by atoms with van der Waals surface area (Å²) in [6, 6.07) is 9.28. The number of rotatable bonds is 11. The van der Waals surface area contributed by atoms with Crippen LogP contribution >= 0.6 is 0 Å². The van der Waals surface area contributed by atoms with Crippen molar-refractivity contribution in [3.8, 4) is 0 Å². The molecule has 0 saturated heterocycles. The summed E-state index contributed by atoms with van der Waals surface area (Å²) in [4.78, 5) is 3.05. The van der Waals surface area contributed by atoms with Crippen LogP contribution in [0.5, 0.6) is 0 Å². The van der Waals surface area contributed by atoms with Gasteiger partial charge in [0.2, 0.25) is 0 Å². The molecular formula is C19H36N3Sn+. The monoisotopic (exact) mass is 426 g/mol. The second kappa shape index (κ2) is 11.0. The second-order valence-corrected chi connectivity index (χ2v) is 20.0. The maximum atomic E-state index is 5.54. The zero-order valence-electron chi connectivity index (χ0n) is 15.3. The van der Waals surface area contributed by atoms with Gasteiger partial charge >= 0.3 is 147 Å². The van der Waals surface area contributed by atoms with Gasteiger partial charge < -0.3 is 0 Å². The molecule has 1 aromatic carbocycles. The van der Waals surface area contributed by atoms with Gasteiger partial charge in [0.15, 0.2) is 0 Å². The normalized spacial score (nSPS) is 11.4. The number of benzene rings is 1. The molecule has 0 saturated carbocycles. The molecule has 0 aliphatic carbocycles. The van der Waals surface area contributed by atoms with E-state index in [0.717, 1.165) is 6.54 Å². The van der Waals surface area contributed by atoms with E-state index in [1.807, 2.05) is 0 Å². The number of nitrogens with two attached hydrogens (primary N) is 2. The molecule has 23 heavy (non-hydrogen) atoms. The Balaban J connectivity index is 3.11. The third-order valence-electron chi connectivity index (χ3n) is 4.78. The predicted molar refractivity (Wildman–Crippen MR) is 104 cm³/mol. The minimum absolute atomic E-state index is 0.302.